The van der Waals surface area contributed by atoms with E-state index in [2.05, 4.69) is 5.32 Å². The number of amides is 2. The van der Waals surface area contributed by atoms with Gasteiger partial charge in [0.1, 0.15) is 0 Å². The Morgan fingerprint density at radius 3 is 2.68 bits per heavy atom. The van der Waals surface area contributed by atoms with Crippen molar-refractivity contribution in [2.24, 2.45) is 5.92 Å². The molecule has 22 heavy (non-hydrogen) atoms. The van der Waals surface area contributed by atoms with E-state index in [0.717, 1.165) is 11.8 Å². The van der Waals surface area contributed by atoms with Gasteiger partial charge in [-0.15, -0.1) is 0 Å². The first-order chi connectivity index (χ1) is 9.84. The van der Waals surface area contributed by atoms with Crippen molar-refractivity contribution in [3.63, 3.8) is 0 Å². The van der Waals surface area contributed by atoms with Crippen molar-refractivity contribution in [3.05, 3.63) is 22.2 Å². The van der Waals surface area contributed by atoms with Crippen LogP contribution in [0.3, 0.4) is 0 Å². The molecule has 2 aliphatic heterocycles. The van der Waals surface area contributed by atoms with Crippen LogP contribution in [0, 0.1) is 5.92 Å². The van der Waals surface area contributed by atoms with Crippen molar-refractivity contribution < 1.29 is 54.2 Å². The van der Waals surface area contributed by atoms with Gasteiger partial charge in [0, 0.05) is 24.4 Å². The molecular formula is C13H15N2NaO5S. The van der Waals surface area contributed by atoms with Crippen LogP contribution in [0.15, 0.2) is 22.2 Å². The number of aliphatic hydroxyl groups excluding tert-OH is 1. The number of rotatable bonds is 5. The molecule has 9 heteroatoms. The molecular weight excluding hydrogens is 319 g/mol. The van der Waals surface area contributed by atoms with Crippen molar-refractivity contribution in [1.29, 1.82) is 0 Å². The number of nitrogens with one attached hydrogen (secondary N) is 1. The Kier molecular flexibility index (Phi) is 6.69. The van der Waals surface area contributed by atoms with Crippen LogP contribution in [0.25, 0.3) is 0 Å². The number of carboxylic acids is 1. The predicted molar refractivity (Wildman–Crippen MR) is 73.0 cm³/mol. The Bertz CT molecular complexity index is 561. The summed E-state index contributed by atoms with van der Waals surface area (Å²) in [5.41, 5.74) is -0.139. The number of β-lactam (4-membered cyclic amide) rings is 1. The summed E-state index contributed by atoms with van der Waals surface area (Å²) < 4.78 is 0. The van der Waals surface area contributed by atoms with Crippen LogP contribution < -0.4 is 40.0 Å². The van der Waals surface area contributed by atoms with Gasteiger partial charge in [-0.3, -0.25) is 9.59 Å². The fourth-order valence-corrected chi connectivity index (χ4v) is 3.45. The Labute approximate surface area is 154 Å². The summed E-state index contributed by atoms with van der Waals surface area (Å²) in [6, 6.07) is -0.331. The zero-order chi connectivity index (χ0) is 15.7. The molecule has 3 atom stereocenters. The molecule has 2 rings (SSSR count). The van der Waals surface area contributed by atoms with Crippen molar-refractivity contribution in [2.45, 2.75) is 32.4 Å². The molecule has 2 N–H and O–H groups in total. The third kappa shape index (κ3) is 3.57. The van der Waals surface area contributed by atoms with E-state index >= 15 is 0 Å². The van der Waals surface area contributed by atoms with E-state index in [1.807, 2.05) is 0 Å². The maximum absolute atomic E-state index is 11.9. The first kappa shape index (κ1) is 19.2. The molecule has 0 aromatic heterocycles. The Morgan fingerprint density at radius 2 is 2.18 bits per heavy atom. The first-order valence-corrected chi connectivity index (χ1v) is 7.27. The quantitative estimate of drug-likeness (QED) is 0.391. The van der Waals surface area contributed by atoms with Crippen LogP contribution in [-0.4, -0.2) is 39.9 Å². The summed E-state index contributed by atoms with van der Waals surface area (Å²) in [6.45, 7) is 2.87. The molecule has 2 aliphatic rings. The van der Waals surface area contributed by atoms with E-state index in [1.54, 1.807) is 0 Å². The van der Waals surface area contributed by atoms with Crippen LogP contribution in [0.4, 0.5) is 0 Å². The van der Waals surface area contributed by atoms with Gasteiger partial charge in [-0.1, -0.05) is 11.8 Å². The van der Waals surface area contributed by atoms with Gasteiger partial charge in [0.05, 0.1) is 29.7 Å². The van der Waals surface area contributed by atoms with Gasteiger partial charge < -0.3 is 25.2 Å². The first-order valence-electron chi connectivity index (χ1n) is 6.39. The second-order valence-electron chi connectivity index (χ2n) is 4.93. The number of hydrogen-bond acceptors (Lipinski definition) is 6. The van der Waals surface area contributed by atoms with Gasteiger partial charge >= 0.3 is 29.6 Å². The summed E-state index contributed by atoms with van der Waals surface area (Å²) in [6.07, 6.45) is 0.942. The van der Waals surface area contributed by atoms with Gasteiger partial charge in [0.25, 0.3) is 0 Å². The zero-order valence-electron chi connectivity index (χ0n) is 12.5. The molecule has 0 aromatic carbocycles. The van der Waals surface area contributed by atoms with Crippen LogP contribution in [0.2, 0.25) is 0 Å². The molecule has 0 bridgehead atoms. The third-order valence-corrected chi connectivity index (χ3v) is 4.36. The number of carboxylic acid groups (broad SMARTS) is 1. The molecule has 114 valence electrons. The standard InChI is InChI=1S/C13H16N2O5S.Na/c1-6(16)10-8-5-9(21-4-3-14-7(2)17)11(13(19)20)15(8)12(10)18;/h3-4,6,8,10,16H,5H2,1-2H3,(H,14,17)(H,19,20);/q;+1/p-1/t6-,8+,10+;/m0./s1. The van der Waals surface area contributed by atoms with Gasteiger partial charge in [0.2, 0.25) is 11.8 Å². The Morgan fingerprint density at radius 1 is 1.55 bits per heavy atom. The maximum atomic E-state index is 11.9. The maximum Gasteiger partial charge on any atom is 1.00 e. The average Bonchev–Trinajstić information content (AvgIpc) is 2.68. The largest absolute Gasteiger partial charge is 1.00 e. The topological polar surface area (TPSA) is 110 Å². The second-order valence-corrected chi connectivity index (χ2v) is 5.93. The van der Waals surface area contributed by atoms with Crippen LogP contribution in [0.5, 0.6) is 0 Å². The zero-order valence-corrected chi connectivity index (χ0v) is 15.3. The number of nitrogens with zero attached hydrogens (tertiary/aromatic N) is 1. The van der Waals surface area contributed by atoms with Gasteiger partial charge in [-0.25, -0.2) is 0 Å². The Balaban J connectivity index is 0.00000242. The molecule has 0 radical (unpaired) electrons. The minimum atomic E-state index is -1.41. The fourth-order valence-electron chi connectivity index (χ4n) is 2.59. The normalized spacial score (nSPS) is 24.7. The average molecular weight is 334 g/mol. The van der Waals surface area contributed by atoms with Crippen molar-refractivity contribution >= 4 is 29.5 Å². The molecule has 0 aromatic rings. The monoisotopic (exact) mass is 334 g/mol. The summed E-state index contributed by atoms with van der Waals surface area (Å²) >= 11 is 1.11. The van der Waals surface area contributed by atoms with Gasteiger partial charge in [-0.2, -0.15) is 0 Å². The fraction of sp³-hybridized carbons (Fsp3) is 0.462. The van der Waals surface area contributed by atoms with Crippen LogP contribution in [-0.2, 0) is 14.4 Å². The van der Waals surface area contributed by atoms with Crippen LogP contribution in [0.1, 0.15) is 20.3 Å². The number of thioether (sulfide) groups is 1. The van der Waals surface area contributed by atoms with Crippen molar-refractivity contribution in [2.75, 3.05) is 0 Å². The molecule has 0 unspecified atom stereocenters. The van der Waals surface area contributed by atoms with Crippen molar-refractivity contribution in [3.8, 4) is 0 Å². The van der Waals surface area contributed by atoms with Crippen molar-refractivity contribution in [1.82, 2.24) is 10.2 Å². The predicted octanol–water partition coefficient (Wildman–Crippen LogP) is -4.10. The third-order valence-electron chi connectivity index (χ3n) is 3.45. The molecule has 2 heterocycles. The molecule has 0 saturated carbocycles. The van der Waals surface area contributed by atoms with Gasteiger partial charge in [-0.05, 0) is 12.3 Å². The number of carbonyl (C=O) groups excluding carboxylic acids is 3. The molecule has 7 nitrogen and oxygen atoms in total. The summed E-state index contributed by atoms with van der Waals surface area (Å²) in [7, 11) is 0. The number of fused-ring (bicyclic) bond motifs is 1. The smallest absolute Gasteiger partial charge is 0.543 e. The van der Waals surface area contributed by atoms with E-state index in [-0.39, 0.29) is 47.2 Å². The molecule has 0 aliphatic carbocycles. The van der Waals surface area contributed by atoms with E-state index < -0.39 is 23.9 Å². The van der Waals surface area contributed by atoms with Crippen LogP contribution >= 0.6 is 11.8 Å². The van der Waals surface area contributed by atoms with E-state index in [4.69, 9.17) is 0 Å². The summed E-state index contributed by atoms with van der Waals surface area (Å²) in [5, 5.41) is 24.8. The van der Waals surface area contributed by atoms with E-state index in [9.17, 15) is 24.6 Å². The van der Waals surface area contributed by atoms with E-state index in [0.29, 0.717) is 11.3 Å². The number of hydrogen-bond donors (Lipinski definition) is 2. The minimum absolute atomic E-state index is 0. The molecule has 1 fully saturated rings. The van der Waals surface area contributed by atoms with E-state index in [1.165, 1.54) is 30.4 Å². The van der Waals surface area contributed by atoms with Gasteiger partial charge in [0.15, 0.2) is 0 Å². The molecule has 1 saturated heterocycles. The second kappa shape index (κ2) is 7.65. The number of aliphatic hydroxyl groups is 1. The summed E-state index contributed by atoms with van der Waals surface area (Å²) in [5.74, 6) is -2.61. The minimum Gasteiger partial charge on any atom is -0.543 e. The SMILES string of the molecule is CC(=O)NC=CSC1=C(C(=O)[O-])N2C(=O)[C@H]([C@H](C)O)[C@H]2C1.[Na+]. The Hall–Kier alpha value is -0.800. The molecule has 0 spiro atoms. The number of carbonyl (C=O) groups is 3. The number of aliphatic carboxylic acids is 1. The molecule has 2 amide bonds. The summed E-state index contributed by atoms with van der Waals surface area (Å²) in [4.78, 5) is 35.5.